The summed E-state index contributed by atoms with van der Waals surface area (Å²) in [6.45, 7) is 1.26. The quantitative estimate of drug-likeness (QED) is 0.667. The van der Waals surface area contributed by atoms with Gasteiger partial charge >= 0.3 is 5.97 Å². The second-order valence-electron chi connectivity index (χ2n) is 7.72. The first-order chi connectivity index (χ1) is 13.9. The van der Waals surface area contributed by atoms with E-state index >= 15 is 0 Å². The minimum absolute atomic E-state index is 0.0136. The predicted octanol–water partition coefficient (Wildman–Crippen LogP) is 1.15. The second kappa shape index (κ2) is 7.74. The molecule has 29 heavy (non-hydrogen) atoms. The van der Waals surface area contributed by atoms with Crippen LogP contribution in [-0.4, -0.2) is 70.0 Å². The molecule has 1 amide bonds. The third-order valence-corrected chi connectivity index (χ3v) is 7.46. The van der Waals surface area contributed by atoms with Crippen molar-refractivity contribution in [2.45, 2.75) is 51.1 Å². The van der Waals surface area contributed by atoms with E-state index in [2.05, 4.69) is 10.1 Å². The van der Waals surface area contributed by atoms with Crippen LogP contribution in [0.15, 0.2) is 18.5 Å². The standard InChI is InChI=1S/C19H24N4O5S/c1-13-17(18-20-8-4-9-22(18)21-13)19(25)28-11-16(24)23(14-5-2-3-6-14)15-7-10-29(26,27)12-15/h4,8-9,14-15H,2-3,5-7,10-12H2,1H3. The van der Waals surface area contributed by atoms with E-state index in [4.69, 9.17) is 4.74 Å². The molecular weight excluding hydrogens is 396 g/mol. The average molecular weight is 420 g/mol. The first-order valence-electron chi connectivity index (χ1n) is 9.84. The summed E-state index contributed by atoms with van der Waals surface area (Å²) >= 11 is 0. The highest BCUT2D eigenvalue weighted by molar-refractivity contribution is 7.91. The SMILES string of the molecule is Cc1nn2cccnc2c1C(=O)OCC(=O)N(C1CCCC1)C1CCS(=O)(=O)C1. The first kappa shape index (κ1) is 19.8. The molecule has 3 heterocycles. The van der Waals surface area contributed by atoms with E-state index in [9.17, 15) is 18.0 Å². The Morgan fingerprint density at radius 1 is 1.24 bits per heavy atom. The van der Waals surface area contributed by atoms with Gasteiger partial charge in [0.05, 0.1) is 17.2 Å². The van der Waals surface area contributed by atoms with E-state index in [1.807, 2.05) is 0 Å². The number of hydrogen-bond acceptors (Lipinski definition) is 7. The number of ether oxygens (including phenoxy) is 1. The maximum atomic E-state index is 13.0. The van der Waals surface area contributed by atoms with Gasteiger partial charge in [-0.3, -0.25) is 4.79 Å². The summed E-state index contributed by atoms with van der Waals surface area (Å²) in [5.74, 6) is -0.911. The number of hydrogen-bond donors (Lipinski definition) is 0. The molecule has 4 rings (SSSR count). The van der Waals surface area contributed by atoms with E-state index in [0.29, 0.717) is 17.8 Å². The summed E-state index contributed by atoms with van der Waals surface area (Å²) in [6, 6.07) is 1.38. The fourth-order valence-corrected chi connectivity index (χ4v) is 6.10. The van der Waals surface area contributed by atoms with Crippen LogP contribution in [0.25, 0.3) is 5.65 Å². The van der Waals surface area contributed by atoms with Crippen molar-refractivity contribution in [1.29, 1.82) is 0 Å². The Morgan fingerprint density at radius 3 is 2.69 bits per heavy atom. The zero-order valence-electron chi connectivity index (χ0n) is 16.3. The van der Waals surface area contributed by atoms with E-state index in [0.717, 1.165) is 25.7 Å². The molecule has 2 aliphatic rings. The molecule has 2 fully saturated rings. The van der Waals surface area contributed by atoms with Crippen molar-refractivity contribution in [2.75, 3.05) is 18.1 Å². The van der Waals surface area contributed by atoms with E-state index in [1.54, 1.807) is 30.3 Å². The summed E-state index contributed by atoms with van der Waals surface area (Å²) in [4.78, 5) is 31.4. The minimum Gasteiger partial charge on any atom is -0.452 e. The van der Waals surface area contributed by atoms with Crippen molar-refractivity contribution >= 4 is 27.4 Å². The molecule has 0 spiro atoms. The third-order valence-electron chi connectivity index (χ3n) is 5.71. The number of aryl methyl sites for hydroxylation is 1. The highest BCUT2D eigenvalue weighted by atomic mass is 32.2. The lowest BCUT2D eigenvalue weighted by Crippen LogP contribution is -2.48. The van der Waals surface area contributed by atoms with Crippen LogP contribution in [0, 0.1) is 6.92 Å². The number of carbonyl (C=O) groups excluding carboxylic acids is 2. The van der Waals surface area contributed by atoms with Crippen LogP contribution in [0.5, 0.6) is 0 Å². The Balaban J connectivity index is 1.49. The summed E-state index contributed by atoms with van der Waals surface area (Å²) in [6.07, 6.45) is 7.42. The molecule has 1 saturated carbocycles. The normalized spacial score (nSPS) is 21.5. The molecule has 1 aliphatic heterocycles. The molecule has 156 valence electrons. The highest BCUT2D eigenvalue weighted by Crippen LogP contribution is 2.29. The largest absolute Gasteiger partial charge is 0.452 e. The Labute approximate surface area is 169 Å². The monoisotopic (exact) mass is 420 g/mol. The van der Waals surface area contributed by atoms with Gasteiger partial charge in [0.15, 0.2) is 22.1 Å². The number of fused-ring (bicyclic) bond motifs is 1. The van der Waals surface area contributed by atoms with Crippen molar-refractivity contribution in [1.82, 2.24) is 19.5 Å². The maximum absolute atomic E-state index is 13.0. The summed E-state index contributed by atoms with van der Waals surface area (Å²) in [5, 5.41) is 4.23. The number of amides is 1. The summed E-state index contributed by atoms with van der Waals surface area (Å²) in [7, 11) is -3.12. The van der Waals surface area contributed by atoms with E-state index in [1.165, 1.54) is 4.52 Å². The molecule has 1 saturated heterocycles. The molecule has 10 heteroatoms. The molecule has 9 nitrogen and oxygen atoms in total. The Morgan fingerprint density at radius 2 is 2.00 bits per heavy atom. The van der Waals surface area contributed by atoms with Gasteiger partial charge in [-0.2, -0.15) is 5.10 Å². The van der Waals surface area contributed by atoms with Crippen molar-refractivity contribution in [3.8, 4) is 0 Å². The maximum Gasteiger partial charge on any atom is 0.344 e. The number of sulfone groups is 1. The predicted molar refractivity (Wildman–Crippen MR) is 104 cm³/mol. The zero-order valence-corrected chi connectivity index (χ0v) is 17.1. The van der Waals surface area contributed by atoms with Gasteiger partial charge in [-0.25, -0.2) is 22.7 Å². The summed E-state index contributed by atoms with van der Waals surface area (Å²) < 4.78 is 30.7. The van der Waals surface area contributed by atoms with Gasteiger partial charge in [-0.15, -0.1) is 0 Å². The molecule has 1 aliphatic carbocycles. The smallest absolute Gasteiger partial charge is 0.344 e. The van der Waals surface area contributed by atoms with Crippen LogP contribution < -0.4 is 0 Å². The molecule has 1 unspecified atom stereocenters. The van der Waals surface area contributed by atoms with Crippen molar-refractivity contribution in [2.24, 2.45) is 0 Å². The minimum atomic E-state index is -3.12. The van der Waals surface area contributed by atoms with Gasteiger partial charge in [-0.05, 0) is 32.3 Å². The fourth-order valence-electron chi connectivity index (χ4n) is 4.39. The molecular formula is C19H24N4O5S. The zero-order chi connectivity index (χ0) is 20.6. The van der Waals surface area contributed by atoms with Gasteiger partial charge in [0, 0.05) is 24.5 Å². The first-order valence-corrected chi connectivity index (χ1v) is 11.7. The van der Waals surface area contributed by atoms with E-state index < -0.39 is 22.4 Å². The lowest BCUT2D eigenvalue weighted by Gasteiger charge is -2.33. The third kappa shape index (κ3) is 3.98. The molecule has 1 atom stereocenters. The van der Waals surface area contributed by atoms with E-state index in [-0.39, 0.29) is 35.1 Å². The Kier molecular flexibility index (Phi) is 5.28. The molecule has 0 aromatic carbocycles. The number of nitrogens with zero attached hydrogens (tertiary/aromatic N) is 4. The Hall–Kier alpha value is -2.49. The number of esters is 1. The molecule has 2 aromatic heterocycles. The summed E-state index contributed by atoms with van der Waals surface area (Å²) in [5.41, 5.74) is 1.07. The number of aromatic nitrogens is 3. The lowest BCUT2D eigenvalue weighted by atomic mass is 10.1. The lowest BCUT2D eigenvalue weighted by molar-refractivity contribution is -0.139. The molecule has 0 N–H and O–H groups in total. The second-order valence-corrected chi connectivity index (χ2v) is 9.95. The van der Waals surface area contributed by atoms with Crippen LogP contribution in [-0.2, 0) is 19.4 Å². The number of carbonyl (C=O) groups is 2. The number of rotatable bonds is 5. The Bertz CT molecular complexity index is 1040. The molecule has 0 radical (unpaired) electrons. The fraction of sp³-hybridized carbons (Fsp3) is 0.579. The average Bonchev–Trinajstić information content (AvgIpc) is 3.39. The van der Waals surface area contributed by atoms with Crippen molar-refractivity contribution < 1.29 is 22.7 Å². The van der Waals surface area contributed by atoms with Gasteiger partial charge < -0.3 is 9.64 Å². The van der Waals surface area contributed by atoms with Crippen LogP contribution in [0.4, 0.5) is 0 Å². The van der Waals surface area contributed by atoms with Crippen LogP contribution in [0.2, 0.25) is 0 Å². The van der Waals surface area contributed by atoms with Crippen LogP contribution in [0.3, 0.4) is 0 Å². The van der Waals surface area contributed by atoms with Gasteiger partial charge in [-0.1, -0.05) is 12.8 Å². The molecule has 2 aromatic rings. The molecule has 0 bridgehead atoms. The van der Waals surface area contributed by atoms with Crippen LogP contribution in [0.1, 0.15) is 48.2 Å². The highest BCUT2D eigenvalue weighted by Gasteiger charge is 2.39. The van der Waals surface area contributed by atoms with Gasteiger partial charge in [0.1, 0.15) is 5.56 Å². The van der Waals surface area contributed by atoms with Crippen molar-refractivity contribution in [3.05, 3.63) is 29.7 Å². The van der Waals surface area contributed by atoms with Crippen LogP contribution >= 0.6 is 0 Å². The van der Waals surface area contributed by atoms with Gasteiger partial charge in [0.25, 0.3) is 5.91 Å². The van der Waals surface area contributed by atoms with Gasteiger partial charge in [0.2, 0.25) is 0 Å². The van der Waals surface area contributed by atoms with Crippen molar-refractivity contribution in [3.63, 3.8) is 0 Å². The topological polar surface area (TPSA) is 111 Å².